The highest BCUT2D eigenvalue weighted by atomic mass is 79.9. The molecule has 2 aromatic carbocycles. The Kier molecular flexibility index (Phi) is 4.43. The first-order chi connectivity index (χ1) is 9.38. The van der Waals surface area contributed by atoms with Crippen LogP contribution >= 0.6 is 15.9 Å². The number of rotatable bonds is 3. The van der Waals surface area contributed by atoms with Crippen LogP contribution in [-0.4, -0.2) is 0 Å². The number of nitrogens with one attached hydrogen (secondary N) is 1. The molecule has 1 N–H and O–H groups in total. The topological polar surface area (TPSA) is 12.0 Å². The number of halogens is 3. The van der Waals surface area contributed by atoms with Gasteiger partial charge in [0, 0.05) is 17.1 Å². The average Bonchev–Trinajstić information content (AvgIpc) is 2.30. The first kappa shape index (κ1) is 15.0. The average molecular weight is 340 g/mol. The Morgan fingerprint density at radius 1 is 1.00 bits per heavy atom. The first-order valence-corrected chi connectivity index (χ1v) is 7.13. The van der Waals surface area contributed by atoms with Crippen LogP contribution in [0.3, 0.4) is 0 Å². The molecule has 0 saturated heterocycles. The minimum Gasteiger partial charge on any atom is -0.378 e. The van der Waals surface area contributed by atoms with Gasteiger partial charge in [-0.25, -0.2) is 8.78 Å². The summed E-state index contributed by atoms with van der Waals surface area (Å²) in [6.07, 6.45) is 0. The van der Waals surface area contributed by atoms with Crippen LogP contribution in [0.2, 0.25) is 0 Å². The van der Waals surface area contributed by atoms with Crippen molar-refractivity contribution < 1.29 is 8.78 Å². The van der Waals surface area contributed by atoms with Crippen molar-refractivity contribution in [1.82, 2.24) is 0 Å². The van der Waals surface area contributed by atoms with E-state index in [4.69, 9.17) is 0 Å². The molecular formula is C16H16BrF2N. The summed E-state index contributed by atoms with van der Waals surface area (Å²) in [5.74, 6) is -1.19. The minimum atomic E-state index is -0.598. The maximum absolute atomic E-state index is 13.7. The molecule has 106 valence electrons. The number of benzene rings is 2. The molecule has 0 aliphatic carbocycles. The van der Waals surface area contributed by atoms with Gasteiger partial charge in [0.2, 0.25) is 0 Å². The molecule has 0 aromatic heterocycles. The van der Waals surface area contributed by atoms with Gasteiger partial charge in [-0.2, -0.15) is 0 Å². The fraction of sp³-hybridized carbons (Fsp3) is 0.250. The molecule has 20 heavy (non-hydrogen) atoms. The van der Waals surface area contributed by atoms with Gasteiger partial charge in [-0.05, 0) is 59.5 Å². The molecule has 0 bridgehead atoms. The van der Waals surface area contributed by atoms with Gasteiger partial charge >= 0.3 is 0 Å². The van der Waals surface area contributed by atoms with E-state index in [1.54, 1.807) is 0 Å². The van der Waals surface area contributed by atoms with Crippen LogP contribution < -0.4 is 5.32 Å². The molecular weight excluding hydrogens is 324 g/mol. The Labute approximate surface area is 126 Å². The van der Waals surface area contributed by atoms with Crippen molar-refractivity contribution in [2.24, 2.45) is 0 Å². The highest BCUT2D eigenvalue weighted by molar-refractivity contribution is 9.10. The molecule has 0 atom stereocenters. The van der Waals surface area contributed by atoms with E-state index in [2.05, 4.69) is 33.4 Å². The van der Waals surface area contributed by atoms with Crippen LogP contribution in [0.4, 0.5) is 14.5 Å². The summed E-state index contributed by atoms with van der Waals surface area (Å²) in [6, 6.07) is 6.32. The van der Waals surface area contributed by atoms with Gasteiger partial charge in [0.25, 0.3) is 0 Å². The molecule has 2 rings (SSSR count). The summed E-state index contributed by atoms with van der Waals surface area (Å²) < 4.78 is 27.2. The van der Waals surface area contributed by atoms with E-state index in [0.717, 1.165) is 22.8 Å². The maximum Gasteiger partial charge on any atom is 0.150 e. The van der Waals surface area contributed by atoms with Crippen LogP contribution in [-0.2, 0) is 6.54 Å². The lowest BCUT2D eigenvalue weighted by Gasteiger charge is -2.14. The first-order valence-electron chi connectivity index (χ1n) is 6.33. The minimum absolute atomic E-state index is 0.283. The molecule has 0 heterocycles. The molecule has 1 nitrogen and oxygen atoms in total. The monoisotopic (exact) mass is 339 g/mol. The third-order valence-corrected chi connectivity index (χ3v) is 3.91. The van der Waals surface area contributed by atoms with E-state index in [9.17, 15) is 8.78 Å². The smallest absolute Gasteiger partial charge is 0.150 e. The summed E-state index contributed by atoms with van der Waals surface area (Å²) in [7, 11) is 0. The normalized spacial score (nSPS) is 10.7. The molecule has 0 aliphatic heterocycles. The Bertz CT molecular complexity index is 549. The number of anilines is 1. The lowest BCUT2D eigenvalue weighted by molar-refractivity contribution is 0.583. The van der Waals surface area contributed by atoms with Crippen molar-refractivity contribution in [1.29, 1.82) is 0 Å². The Hall–Kier alpha value is -1.42. The molecule has 0 fully saturated rings. The zero-order valence-corrected chi connectivity index (χ0v) is 13.2. The predicted octanol–water partition coefficient (Wildman–Crippen LogP) is 5.26. The zero-order chi connectivity index (χ0) is 14.9. The highest BCUT2D eigenvalue weighted by Gasteiger charge is 2.11. The summed E-state index contributed by atoms with van der Waals surface area (Å²) in [5, 5.41) is 3.04. The van der Waals surface area contributed by atoms with E-state index in [1.165, 1.54) is 11.6 Å². The van der Waals surface area contributed by atoms with Gasteiger partial charge in [-0.3, -0.25) is 0 Å². The standard InChI is InChI=1S/C16H16BrF2N/c1-9-4-10(2)13(11(3)5-9)8-20-16-14(17)6-12(18)7-15(16)19/h4-7,20H,8H2,1-3H3. The lowest BCUT2D eigenvalue weighted by atomic mass is 10.00. The Morgan fingerprint density at radius 2 is 1.60 bits per heavy atom. The second kappa shape index (κ2) is 5.92. The molecule has 0 radical (unpaired) electrons. The quantitative estimate of drug-likeness (QED) is 0.803. The summed E-state index contributed by atoms with van der Waals surface area (Å²) in [6.45, 7) is 6.62. The second-order valence-corrected chi connectivity index (χ2v) is 5.83. The van der Waals surface area contributed by atoms with Gasteiger partial charge < -0.3 is 5.32 Å². The fourth-order valence-electron chi connectivity index (χ4n) is 2.38. The molecule has 4 heteroatoms. The van der Waals surface area contributed by atoms with Crippen molar-refractivity contribution in [2.75, 3.05) is 5.32 Å². The third kappa shape index (κ3) is 3.18. The summed E-state index contributed by atoms with van der Waals surface area (Å²) in [4.78, 5) is 0. The van der Waals surface area contributed by atoms with Crippen LogP contribution in [0.15, 0.2) is 28.7 Å². The Morgan fingerprint density at radius 3 is 2.15 bits per heavy atom. The number of aryl methyl sites for hydroxylation is 3. The van der Waals surface area contributed by atoms with Gasteiger partial charge in [-0.1, -0.05) is 17.7 Å². The molecule has 0 saturated carbocycles. The van der Waals surface area contributed by atoms with E-state index in [-0.39, 0.29) is 5.69 Å². The molecule has 2 aromatic rings. The summed E-state index contributed by atoms with van der Waals surface area (Å²) in [5.41, 5.74) is 4.94. The van der Waals surface area contributed by atoms with Crippen molar-refractivity contribution in [2.45, 2.75) is 27.3 Å². The van der Waals surface area contributed by atoms with E-state index < -0.39 is 11.6 Å². The van der Waals surface area contributed by atoms with Crippen LogP contribution in [0.1, 0.15) is 22.3 Å². The summed E-state index contributed by atoms with van der Waals surface area (Å²) >= 11 is 3.18. The van der Waals surface area contributed by atoms with Crippen molar-refractivity contribution in [3.05, 3.63) is 62.6 Å². The van der Waals surface area contributed by atoms with Crippen LogP contribution in [0.5, 0.6) is 0 Å². The zero-order valence-electron chi connectivity index (χ0n) is 11.7. The van der Waals surface area contributed by atoms with Crippen molar-refractivity contribution >= 4 is 21.6 Å². The van der Waals surface area contributed by atoms with E-state index in [0.29, 0.717) is 11.0 Å². The van der Waals surface area contributed by atoms with E-state index >= 15 is 0 Å². The van der Waals surface area contributed by atoms with Crippen LogP contribution in [0.25, 0.3) is 0 Å². The fourth-order valence-corrected chi connectivity index (χ4v) is 2.92. The highest BCUT2D eigenvalue weighted by Crippen LogP contribution is 2.28. The molecule has 0 aliphatic rings. The number of hydrogen-bond donors (Lipinski definition) is 1. The maximum atomic E-state index is 13.7. The van der Waals surface area contributed by atoms with Crippen molar-refractivity contribution in [3.63, 3.8) is 0 Å². The Balaban J connectivity index is 2.26. The van der Waals surface area contributed by atoms with Crippen LogP contribution in [0, 0.1) is 32.4 Å². The van der Waals surface area contributed by atoms with Gasteiger partial charge in [0.1, 0.15) is 11.6 Å². The van der Waals surface area contributed by atoms with Gasteiger partial charge in [-0.15, -0.1) is 0 Å². The molecule has 0 amide bonds. The number of hydrogen-bond acceptors (Lipinski definition) is 1. The lowest BCUT2D eigenvalue weighted by Crippen LogP contribution is -2.06. The van der Waals surface area contributed by atoms with Gasteiger partial charge in [0.05, 0.1) is 5.69 Å². The van der Waals surface area contributed by atoms with Crippen molar-refractivity contribution in [3.8, 4) is 0 Å². The largest absolute Gasteiger partial charge is 0.378 e. The third-order valence-electron chi connectivity index (χ3n) is 3.29. The second-order valence-electron chi connectivity index (χ2n) is 4.98. The van der Waals surface area contributed by atoms with Gasteiger partial charge in [0.15, 0.2) is 0 Å². The SMILES string of the molecule is Cc1cc(C)c(CNc2c(F)cc(F)cc2Br)c(C)c1. The molecule has 0 unspecified atom stereocenters. The molecule has 0 spiro atoms. The predicted molar refractivity (Wildman–Crippen MR) is 82.0 cm³/mol. The van der Waals surface area contributed by atoms with E-state index in [1.807, 2.05) is 20.8 Å².